The van der Waals surface area contributed by atoms with Crippen molar-refractivity contribution in [2.75, 3.05) is 12.3 Å². The van der Waals surface area contributed by atoms with Gasteiger partial charge in [0.05, 0.1) is 11.5 Å². The number of hydrogen-bond acceptors (Lipinski definition) is 3. The largest absolute Gasteiger partial charge is 0.399 e. The Hall–Kier alpha value is -1.55. The molecule has 0 radical (unpaired) electrons. The van der Waals surface area contributed by atoms with E-state index >= 15 is 0 Å². The van der Waals surface area contributed by atoms with Crippen LogP contribution in [0.4, 0.5) is 5.69 Å². The Labute approximate surface area is 126 Å². The first-order valence-corrected chi connectivity index (χ1v) is 7.72. The van der Waals surface area contributed by atoms with E-state index in [1.54, 1.807) is 0 Å². The number of nitrogen functional groups attached to an aromatic ring is 1. The molecule has 1 aliphatic rings. The van der Waals surface area contributed by atoms with Gasteiger partial charge in [-0.15, -0.1) is 0 Å². The molecule has 1 aromatic rings. The molecule has 0 saturated heterocycles. The lowest BCUT2D eigenvalue weighted by atomic mass is 9.83. The molecule has 1 aliphatic carbocycles. The van der Waals surface area contributed by atoms with Crippen LogP contribution >= 0.6 is 0 Å². The van der Waals surface area contributed by atoms with E-state index in [0.717, 1.165) is 31.2 Å². The monoisotopic (exact) mass is 290 g/mol. The van der Waals surface area contributed by atoms with E-state index in [1.807, 2.05) is 38.1 Å². The first-order chi connectivity index (χ1) is 9.89. The van der Waals surface area contributed by atoms with Crippen molar-refractivity contribution in [1.82, 2.24) is 5.32 Å². The van der Waals surface area contributed by atoms with Gasteiger partial charge in [0.15, 0.2) is 0 Å². The molecule has 0 atom stereocenters. The molecule has 0 heterocycles. The second-order valence-electron chi connectivity index (χ2n) is 6.63. The van der Waals surface area contributed by atoms with Crippen LogP contribution in [0.2, 0.25) is 0 Å². The van der Waals surface area contributed by atoms with Crippen LogP contribution in [-0.4, -0.2) is 23.7 Å². The standard InChI is InChI=1S/C17H26N2O2/c1-17(2,13-5-7-14(18)8-6-13)16(21)19-11-12-3-9-15(20)10-4-12/h5-8,12,15,20H,3-4,9-11,18H2,1-2H3,(H,19,21). The zero-order valence-electron chi connectivity index (χ0n) is 12.9. The van der Waals surface area contributed by atoms with Crippen LogP contribution in [-0.2, 0) is 10.2 Å². The van der Waals surface area contributed by atoms with Crippen molar-refractivity contribution in [3.63, 3.8) is 0 Å². The fourth-order valence-corrected chi connectivity index (χ4v) is 2.84. The van der Waals surface area contributed by atoms with Gasteiger partial charge in [-0.1, -0.05) is 12.1 Å². The maximum absolute atomic E-state index is 12.5. The SMILES string of the molecule is CC(C)(C(=O)NCC1CCC(O)CC1)c1ccc(N)cc1. The van der Waals surface area contributed by atoms with Crippen LogP contribution in [0.25, 0.3) is 0 Å². The van der Waals surface area contributed by atoms with Crippen molar-refractivity contribution in [2.45, 2.75) is 51.0 Å². The van der Waals surface area contributed by atoms with Gasteiger partial charge in [-0.25, -0.2) is 0 Å². The van der Waals surface area contributed by atoms with Gasteiger partial charge in [0.25, 0.3) is 0 Å². The number of hydrogen-bond donors (Lipinski definition) is 3. The highest BCUT2D eigenvalue weighted by atomic mass is 16.3. The summed E-state index contributed by atoms with van der Waals surface area (Å²) >= 11 is 0. The van der Waals surface area contributed by atoms with Crippen molar-refractivity contribution in [1.29, 1.82) is 0 Å². The van der Waals surface area contributed by atoms with Gasteiger partial charge in [0.2, 0.25) is 5.91 Å². The van der Waals surface area contributed by atoms with Crippen molar-refractivity contribution >= 4 is 11.6 Å². The van der Waals surface area contributed by atoms with Crippen molar-refractivity contribution in [3.05, 3.63) is 29.8 Å². The number of aliphatic hydroxyl groups is 1. The minimum absolute atomic E-state index is 0.0402. The summed E-state index contributed by atoms with van der Waals surface area (Å²) in [6, 6.07) is 7.47. The Bertz CT molecular complexity index is 474. The molecule has 21 heavy (non-hydrogen) atoms. The summed E-state index contributed by atoms with van der Waals surface area (Å²) in [4.78, 5) is 12.5. The molecule has 0 spiro atoms. The average Bonchev–Trinajstić information content (AvgIpc) is 2.46. The van der Waals surface area contributed by atoms with E-state index in [4.69, 9.17) is 5.73 Å². The first-order valence-electron chi connectivity index (χ1n) is 7.72. The number of anilines is 1. The van der Waals surface area contributed by atoms with E-state index in [2.05, 4.69) is 5.32 Å². The third-order valence-corrected chi connectivity index (χ3v) is 4.57. The van der Waals surface area contributed by atoms with E-state index in [0.29, 0.717) is 18.2 Å². The molecule has 0 bridgehead atoms. The summed E-state index contributed by atoms with van der Waals surface area (Å²) in [5.41, 5.74) is 6.80. The Morgan fingerprint density at radius 3 is 2.38 bits per heavy atom. The zero-order chi connectivity index (χ0) is 15.5. The van der Waals surface area contributed by atoms with Crippen LogP contribution in [0.15, 0.2) is 24.3 Å². The van der Waals surface area contributed by atoms with Gasteiger partial charge in [-0.2, -0.15) is 0 Å². The highest BCUT2D eigenvalue weighted by molar-refractivity contribution is 5.87. The maximum Gasteiger partial charge on any atom is 0.230 e. The Kier molecular flexibility index (Phi) is 4.88. The second kappa shape index (κ2) is 6.48. The number of amides is 1. The van der Waals surface area contributed by atoms with Crippen molar-refractivity contribution < 1.29 is 9.90 Å². The summed E-state index contributed by atoms with van der Waals surface area (Å²) in [6.45, 7) is 4.56. The number of nitrogens with one attached hydrogen (secondary N) is 1. The molecule has 116 valence electrons. The molecule has 4 heteroatoms. The minimum atomic E-state index is -0.568. The highest BCUT2D eigenvalue weighted by Gasteiger charge is 2.30. The van der Waals surface area contributed by atoms with Gasteiger partial charge in [-0.05, 0) is 63.1 Å². The Morgan fingerprint density at radius 1 is 1.24 bits per heavy atom. The van der Waals surface area contributed by atoms with Gasteiger partial charge in [0.1, 0.15) is 0 Å². The van der Waals surface area contributed by atoms with Gasteiger partial charge < -0.3 is 16.2 Å². The minimum Gasteiger partial charge on any atom is -0.399 e. The van der Waals surface area contributed by atoms with E-state index < -0.39 is 5.41 Å². The van der Waals surface area contributed by atoms with Crippen LogP contribution in [0, 0.1) is 5.92 Å². The highest BCUT2D eigenvalue weighted by Crippen LogP contribution is 2.26. The molecule has 1 aromatic carbocycles. The van der Waals surface area contributed by atoms with Crippen molar-refractivity contribution in [3.8, 4) is 0 Å². The molecule has 2 rings (SSSR count). The van der Waals surface area contributed by atoms with Gasteiger partial charge >= 0.3 is 0 Å². The van der Waals surface area contributed by atoms with Gasteiger partial charge in [0, 0.05) is 12.2 Å². The lowest BCUT2D eigenvalue weighted by Crippen LogP contribution is -2.42. The lowest BCUT2D eigenvalue weighted by Gasteiger charge is -2.28. The van der Waals surface area contributed by atoms with E-state index in [1.165, 1.54) is 0 Å². The third kappa shape index (κ3) is 3.97. The topological polar surface area (TPSA) is 75.3 Å². The van der Waals surface area contributed by atoms with E-state index in [-0.39, 0.29) is 12.0 Å². The molecule has 1 saturated carbocycles. The molecular formula is C17H26N2O2. The van der Waals surface area contributed by atoms with Crippen LogP contribution in [0.5, 0.6) is 0 Å². The molecule has 0 aromatic heterocycles. The third-order valence-electron chi connectivity index (χ3n) is 4.57. The normalized spacial score (nSPS) is 22.8. The van der Waals surface area contributed by atoms with Crippen molar-refractivity contribution in [2.24, 2.45) is 5.92 Å². The summed E-state index contributed by atoms with van der Waals surface area (Å²) < 4.78 is 0. The average molecular weight is 290 g/mol. The zero-order valence-corrected chi connectivity index (χ0v) is 12.9. The number of carbonyl (C=O) groups excluding carboxylic acids is 1. The number of rotatable bonds is 4. The summed E-state index contributed by atoms with van der Waals surface area (Å²) in [5.74, 6) is 0.526. The molecule has 1 amide bonds. The summed E-state index contributed by atoms with van der Waals surface area (Å²) in [6.07, 6.45) is 3.53. The van der Waals surface area contributed by atoms with Gasteiger partial charge in [-0.3, -0.25) is 4.79 Å². The predicted octanol–water partition coefficient (Wildman–Crippen LogP) is 2.21. The number of nitrogens with two attached hydrogens (primary N) is 1. The number of benzene rings is 1. The smallest absolute Gasteiger partial charge is 0.230 e. The lowest BCUT2D eigenvalue weighted by molar-refractivity contribution is -0.125. The maximum atomic E-state index is 12.5. The molecule has 4 nitrogen and oxygen atoms in total. The van der Waals surface area contributed by atoms with Crippen LogP contribution in [0.1, 0.15) is 45.1 Å². The molecule has 0 aliphatic heterocycles. The molecular weight excluding hydrogens is 264 g/mol. The Morgan fingerprint density at radius 2 is 1.81 bits per heavy atom. The number of aliphatic hydroxyl groups excluding tert-OH is 1. The van der Waals surface area contributed by atoms with Crippen LogP contribution < -0.4 is 11.1 Å². The summed E-state index contributed by atoms with van der Waals surface area (Å²) in [5, 5.41) is 12.6. The number of carbonyl (C=O) groups is 1. The second-order valence-corrected chi connectivity index (χ2v) is 6.63. The predicted molar refractivity (Wildman–Crippen MR) is 84.9 cm³/mol. The molecule has 1 fully saturated rings. The molecule has 0 unspecified atom stereocenters. The van der Waals surface area contributed by atoms with Crippen LogP contribution in [0.3, 0.4) is 0 Å². The fraction of sp³-hybridized carbons (Fsp3) is 0.588. The van der Waals surface area contributed by atoms with E-state index in [9.17, 15) is 9.90 Å². The fourth-order valence-electron chi connectivity index (χ4n) is 2.84. The first kappa shape index (κ1) is 15.8. The Balaban J connectivity index is 1.91. The quantitative estimate of drug-likeness (QED) is 0.744. The summed E-state index contributed by atoms with van der Waals surface area (Å²) in [7, 11) is 0. The molecule has 4 N–H and O–H groups in total.